The van der Waals surface area contributed by atoms with E-state index in [1.165, 1.54) is 23.6 Å². The molecule has 3 heterocycles. The van der Waals surface area contributed by atoms with Crippen LogP contribution in [0.25, 0.3) is 0 Å². The highest BCUT2D eigenvalue weighted by Crippen LogP contribution is 2.39. The smallest absolute Gasteiger partial charge is 0.407 e. The van der Waals surface area contributed by atoms with Crippen LogP contribution in [0.4, 0.5) is 4.79 Å². The number of alkyl carbamates (subject to hydrolysis) is 1. The first kappa shape index (κ1) is 34.8. The quantitative estimate of drug-likeness (QED) is 0.315. The summed E-state index contributed by atoms with van der Waals surface area (Å²) in [5.74, 6) is 1.52. The van der Waals surface area contributed by atoms with Crippen molar-refractivity contribution in [1.29, 1.82) is 0 Å². The number of hydrogen-bond donors (Lipinski definition) is 1. The molecule has 0 aromatic heterocycles. The Labute approximate surface area is 289 Å². The number of fused-ring (bicyclic) bond motifs is 2. The molecule has 3 aliphatic heterocycles. The molecule has 2 amide bonds. The third kappa shape index (κ3) is 8.22. The molecule has 12 heteroatoms. The average Bonchev–Trinajstić information content (AvgIpc) is 3.59. The summed E-state index contributed by atoms with van der Waals surface area (Å²) in [5, 5.41) is 3.55. The zero-order valence-electron chi connectivity index (χ0n) is 28.1. The molecular weight excluding hydrogens is 654 g/mol. The van der Waals surface area contributed by atoms with Crippen LogP contribution in [0.15, 0.2) is 53.4 Å². The van der Waals surface area contributed by atoms with Crippen molar-refractivity contribution in [1.82, 2.24) is 14.5 Å². The van der Waals surface area contributed by atoms with Crippen LogP contribution in [0.1, 0.15) is 85.0 Å². The number of ether oxygens (including phenoxy) is 3. The predicted molar refractivity (Wildman–Crippen MR) is 183 cm³/mol. The summed E-state index contributed by atoms with van der Waals surface area (Å²) in [4.78, 5) is 28.9. The van der Waals surface area contributed by atoms with Gasteiger partial charge < -0.3 is 24.4 Å². The molecule has 0 radical (unpaired) electrons. The first-order valence-corrected chi connectivity index (χ1v) is 19.2. The van der Waals surface area contributed by atoms with E-state index in [2.05, 4.69) is 5.32 Å². The Bertz CT molecular complexity index is 1530. The summed E-state index contributed by atoms with van der Waals surface area (Å²) < 4.78 is 47.5. The Morgan fingerprint density at radius 1 is 0.875 bits per heavy atom. The van der Waals surface area contributed by atoms with Gasteiger partial charge in [-0.3, -0.25) is 4.79 Å². The Hall–Kier alpha value is -3.02. The molecule has 6 rings (SSSR count). The summed E-state index contributed by atoms with van der Waals surface area (Å²) in [6, 6.07) is 12.2. The molecular formula is C36H48ClN3O7S. The predicted octanol–water partition coefficient (Wildman–Crippen LogP) is 6.56. The molecule has 4 atom stereocenters. The highest BCUT2D eigenvalue weighted by Gasteiger charge is 2.51. The van der Waals surface area contributed by atoms with Gasteiger partial charge in [-0.05, 0) is 114 Å². The van der Waals surface area contributed by atoms with Crippen LogP contribution in [0, 0.1) is 5.92 Å². The molecule has 3 saturated heterocycles. The number of sulfonamides is 1. The minimum absolute atomic E-state index is 0.0350. The molecule has 2 unspecified atom stereocenters. The molecule has 4 aliphatic rings. The summed E-state index contributed by atoms with van der Waals surface area (Å²) in [6.45, 7) is 6.13. The fraction of sp³-hybridized carbons (Fsp3) is 0.611. The highest BCUT2D eigenvalue weighted by molar-refractivity contribution is 7.89. The van der Waals surface area contributed by atoms with Crippen LogP contribution in [0.2, 0.25) is 5.02 Å². The van der Waals surface area contributed by atoms with E-state index < -0.39 is 33.9 Å². The van der Waals surface area contributed by atoms with Gasteiger partial charge in [-0.1, -0.05) is 30.9 Å². The van der Waals surface area contributed by atoms with E-state index in [1.54, 1.807) is 48.5 Å². The SMILES string of the molecule is CC(C)(C)OC(=O)NC1CC2CCC(C1)N2C(=O)[C@@H]1C[C@@H](Oc2ccc(Cl)cc2)CN1S(=O)(=O)c1ccc(OCC2CCCCC2)cc1. The minimum atomic E-state index is -4.06. The first-order valence-electron chi connectivity index (χ1n) is 17.3. The zero-order valence-corrected chi connectivity index (χ0v) is 29.7. The standard InChI is InChI=1S/C36H48ClN3O7S/c1-36(2,3)47-35(42)38-26-19-27-11-12-28(20-26)40(27)34(41)33-21-31(46-30-13-9-25(37)10-14-30)22-39(33)48(43,44)32-17-15-29(16-18-32)45-23-24-7-5-4-6-8-24/h9-10,13-18,24,26-28,31,33H,4-8,11-12,19-23H2,1-3H3,(H,38,42)/t26?,27?,28?,31-,33+/m1/s1. The van der Waals surface area contributed by atoms with E-state index >= 15 is 0 Å². The van der Waals surface area contributed by atoms with E-state index in [-0.39, 0.29) is 41.9 Å². The Balaban J connectivity index is 1.18. The van der Waals surface area contributed by atoms with Gasteiger partial charge in [0.2, 0.25) is 15.9 Å². The molecule has 262 valence electrons. The topological polar surface area (TPSA) is 114 Å². The lowest BCUT2D eigenvalue weighted by atomic mass is 9.90. The van der Waals surface area contributed by atoms with E-state index in [9.17, 15) is 18.0 Å². The second-order valence-electron chi connectivity index (χ2n) is 14.8. The molecule has 0 spiro atoms. The first-order chi connectivity index (χ1) is 22.9. The Morgan fingerprint density at radius 3 is 2.12 bits per heavy atom. The number of amides is 2. The Morgan fingerprint density at radius 2 is 1.50 bits per heavy atom. The second-order valence-corrected chi connectivity index (χ2v) is 17.1. The van der Waals surface area contributed by atoms with Gasteiger partial charge >= 0.3 is 6.09 Å². The van der Waals surface area contributed by atoms with Crippen LogP contribution >= 0.6 is 11.6 Å². The van der Waals surface area contributed by atoms with Crippen molar-refractivity contribution in [3.05, 3.63) is 53.6 Å². The molecule has 4 fully saturated rings. The zero-order chi connectivity index (χ0) is 34.1. The van der Waals surface area contributed by atoms with Gasteiger partial charge in [0.15, 0.2) is 0 Å². The van der Waals surface area contributed by atoms with Crippen molar-refractivity contribution in [2.24, 2.45) is 5.92 Å². The number of hydrogen-bond acceptors (Lipinski definition) is 7. The van der Waals surface area contributed by atoms with Crippen LogP contribution in [0.3, 0.4) is 0 Å². The third-order valence-corrected chi connectivity index (χ3v) is 12.1. The van der Waals surface area contributed by atoms with Crippen LogP contribution in [-0.2, 0) is 19.6 Å². The number of piperidine rings is 1. The molecule has 1 saturated carbocycles. The van der Waals surface area contributed by atoms with Gasteiger partial charge in [0.1, 0.15) is 29.2 Å². The maximum Gasteiger partial charge on any atom is 0.407 e. The fourth-order valence-electron chi connectivity index (χ4n) is 7.76. The highest BCUT2D eigenvalue weighted by atomic mass is 35.5. The molecule has 48 heavy (non-hydrogen) atoms. The molecule has 1 aliphatic carbocycles. The van der Waals surface area contributed by atoms with Gasteiger partial charge in [-0.25, -0.2) is 13.2 Å². The number of carbonyl (C=O) groups is 2. The lowest BCUT2D eigenvalue weighted by Gasteiger charge is -2.41. The number of nitrogens with zero attached hydrogens (tertiary/aromatic N) is 2. The maximum atomic E-state index is 14.4. The average molecular weight is 702 g/mol. The maximum absolute atomic E-state index is 14.4. The monoisotopic (exact) mass is 701 g/mol. The van der Waals surface area contributed by atoms with E-state index in [4.69, 9.17) is 25.8 Å². The van der Waals surface area contributed by atoms with E-state index in [0.29, 0.717) is 41.9 Å². The number of rotatable bonds is 9. The van der Waals surface area contributed by atoms with Crippen molar-refractivity contribution in [3.8, 4) is 11.5 Å². The lowest BCUT2D eigenvalue weighted by molar-refractivity contribution is -0.139. The van der Waals surface area contributed by atoms with Gasteiger partial charge in [-0.2, -0.15) is 4.31 Å². The molecule has 1 N–H and O–H groups in total. The fourth-order valence-corrected chi connectivity index (χ4v) is 9.51. The van der Waals surface area contributed by atoms with Crippen molar-refractivity contribution in [2.45, 2.75) is 126 Å². The molecule has 2 bridgehead atoms. The Kier molecular flexibility index (Phi) is 10.5. The van der Waals surface area contributed by atoms with Crippen LogP contribution in [0.5, 0.6) is 11.5 Å². The second kappa shape index (κ2) is 14.5. The van der Waals surface area contributed by atoms with E-state index in [1.807, 2.05) is 25.7 Å². The third-order valence-electron chi connectivity index (χ3n) is 9.97. The summed E-state index contributed by atoms with van der Waals surface area (Å²) >= 11 is 6.07. The number of halogens is 1. The van der Waals surface area contributed by atoms with Gasteiger partial charge in [0.05, 0.1) is 18.0 Å². The summed E-state index contributed by atoms with van der Waals surface area (Å²) in [7, 11) is -4.06. The number of benzene rings is 2. The van der Waals surface area contributed by atoms with Crippen molar-refractivity contribution in [3.63, 3.8) is 0 Å². The number of nitrogens with one attached hydrogen (secondary N) is 1. The molecule has 10 nitrogen and oxygen atoms in total. The molecule has 2 aromatic rings. The normalized spacial score (nSPS) is 26.7. The summed E-state index contributed by atoms with van der Waals surface area (Å²) in [5.41, 5.74) is -0.607. The van der Waals surface area contributed by atoms with Crippen molar-refractivity contribution in [2.75, 3.05) is 13.2 Å². The van der Waals surface area contributed by atoms with Crippen LogP contribution in [-0.4, -0.2) is 78.6 Å². The van der Waals surface area contributed by atoms with Crippen molar-refractivity contribution >= 4 is 33.6 Å². The minimum Gasteiger partial charge on any atom is -0.493 e. The summed E-state index contributed by atoms with van der Waals surface area (Å²) in [6.07, 6.45) is 8.07. The van der Waals surface area contributed by atoms with Gasteiger partial charge in [0, 0.05) is 29.6 Å². The molecule has 2 aromatic carbocycles. The lowest BCUT2D eigenvalue weighted by Crippen LogP contribution is -2.57. The number of carbonyl (C=O) groups excluding carboxylic acids is 2. The van der Waals surface area contributed by atoms with Crippen LogP contribution < -0.4 is 14.8 Å². The van der Waals surface area contributed by atoms with Gasteiger partial charge in [0.25, 0.3) is 0 Å². The van der Waals surface area contributed by atoms with Crippen molar-refractivity contribution < 1.29 is 32.2 Å². The largest absolute Gasteiger partial charge is 0.493 e. The van der Waals surface area contributed by atoms with Gasteiger partial charge in [-0.15, -0.1) is 0 Å². The van der Waals surface area contributed by atoms with E-state index in [0.717, 1.165) is 25.7 Å².